The molecule has 36 heavy (non-hydrogen) atoms. The second-order valence-corrected chi connectivity index (χ2v) is 10.9. The van der Waals surface area contributed by atoms with Gasteiger partial charge in [-0.2, -0.15) is 4.99 Å². The van der Waals surface area contributed by atoms with E-state index < -0.39 is 21.9 Å². The third kappa shape index (κ3) is 5.62. The minimum Gasteiger partial charge on any atom is -0.465 e. The van der Waals surface area contributed by atoms with Crippen LogP contribution in [0.4, 0.5) is 5.69 Å². The fraction of sp³-hybridized carbons (Fsp3) is 0.125. The number of carbonyl (C=O) groups is 2. The van der Waals surface area contributed by atoms with E-state index in [1.54, 1.807) is 37.3 Å². The van der Waals surface area contributed by atoms with E-state index in [0.29, 0.717) is 20.3 Å². The van der Waals surface area contributed by atoms with Crippen LogP contribution in [-0.4, -0.2) is 31.5 Å². The summed E-state index contributed by atoms with van der Waals surface area (Å²) in [5.74, 6) is -1.17. The lowest BCUT2D eigenvalue weighted by molar-refractivity contribution is -0.143. The van der Waals surface area contributed by atoms with E-state index in [1.807, 2.05) is 0 Å². The number of amides is 1. The Bertz CT molecular complexity index is 1630. The normalized spacial score (nSPS) is 12.0. The first-order valence-corrected chi connectivity index (χ1v) is 13.6. The molecular weight excluding hydrogens is 545 g/mol. The first kappa shape index (κ1) is 25.9. The van der Waals surface area contributed by atoms with Crippen molar-refractivity contribution in [3.8, 4) is 0 Å². The molecule has 0 aliphatic rings. The number of hydrogen-bond acceptors (Lipinski definition) is 6. The fourth-order valence-corrected chi connectivity index (χ4v) is 6.07. The predicted molar refractivity (Wildman–Crippen MR) is 140 cm³/mol. The monoisotopic (exact) mass is 563 g/mol. The van der Waals surface area contributed by atoms with Gasteiger partial charge in [0.25, 0.3) is 15.9 Å². The van der Waals surface area contributed by atoms with Crippen LogP contribution in [0.2, 0.25) is 10.0 Å². The molecule has 0 bridgehead atoms. The fourth-order valence-electron chi connectivity index (χ4n) is 3.36. The molecule has 0 spiro atoms. The first-order valence-electron chi connectivity index (χ1n) is 10.6. The maximum absolute atomic E-state index is 13.1. The van der Waals surface area contributed by atoms with E-state index in [0.717, 1.165) is 11.3 Å². The molecule has 0 saturated heterocycles. The summed E-state index contributed by atoms with van der Waals surface area (Å²) in [4.78, 5) is 29.8. The summed E-state index contributed by atoms with van der Waals surface area (Å²) < 4.78 is 34.8. The number of carbonyl (C=O) groups excluding carboxylic acids is 2. The highest BCUT2D eigenvalue weighted by Gasteiger charge is 2.18. The molecule has 12 heteroatoms. The van der Waals surface area contributed by atoms with Crippen LogP contribution in [0.15, 0.2) is 76.6 Å². The molecule has 1 N–H and O–H groups in total. The van der Waals surface area contributed by atoms with Crippen LogP contribution in [0, 0.1) is 0 Å². The number of fused-ring (bicyclic) bond motifs is 1. The zero-order chi connectivity index (χ0) is 25.9. The number of nitrogens with one attached hydrogen (secondary N) is 1. The van der Waals surface area contributed by atoms with Crippen molar-refractivity contribution in [2.45, 2.75) is 18.4 Å². The first-order chi connectivity index (χ1) is 17.2. The van der Waals surface area contributed by atoms with Gasteiger partial charge in [0, 0.05) is 11.3 Å². The number of ether oxygens (including phenoxy) is 1. The summed E-state index contributed by atoms with van der Waals surface area (Å²) in [6, 6.07) is 17.0. The lowest BCUT2D eigenvalue weighted by Gasteiger charge is -2.09. The largest absolute Gasteiger partial charge is 0.465 e. The lowest BCUT2D eigenvalue weighted by atomic mass is 10.2. The molecule has 0 aliphatic heterocycles. The molecule has 3 aromatic carbocycles. The highest BCUT2D eigenvalue weighted by atomic mass is 35.5. The van der Waals surface area contributed by atoms with Crippen LogP contribution >= 0.6 is 34.5 Å². The van der Waals surface area contributed by atoms with Gasteiger partial charge in [0.1, 0.15) is 6.54 Å². The minimum absolute atomic E-state index is 0.0884. The molecule has 8 nitrogen and oxygen atoms in total. The Kier molecular flexibility index (Phi) is 7.79. The molecule has 1 aromatic heterocycles. The van der Waals surface area contributed by atoms with Gasteiger partial charge >= 0.3 is 5.97 Å². The van der Waals surface area contributed by atoms with Gasteiger partial charge in [0.15, 0.2) is 4.80 Å². The van der Waals surface area contributed by atoms with E-state index in [2.05, 4.69) is 9.71 Å². The standard InChI is InChI=1S/C24H19Cl2N3O5S2/c1-2-34-20(30)14-29-21-18(25)11-12-19(26)22(21)35-24(29)27-23(31)15-7-6-8-16(13-15)28-36(32,33)17-9-4-3-5-10-17/h3-13,28H,2,14H2,1H3. The van der Waals surface area contributed by atoms with Crippen molar-refractivity contribution in [2.75, 3.05) is 11.3 Å². The number of rotatable bonds is 7. The van der Waals surface area contributed by atoms with Crippen molar-refractivity contribution in [1.82, 2.24) is 4.57 Å². The van der Waals surface area contributed by atoms with Crippen LogP contribution in [0.25, 0.3) is 10.2 Å². The third-order valence-corrected chi connectivity index (χ3v) is 8.17. The maximum Gasteiger partial charge on any atom is 0.326 e. The zero-order valence-electron chi connectivity index (χ0n) is 18.8. The number of anilines is 1. The molecule has 4 aromatic rings. The topological polar surface area (TPSA) is 107 Å². The lowest BCUT2D eigenvalue weighted by Crippen LogP contribution is -2.23. The van der Waals surface area contributed by atoms with Gasteiger partial charge < -0.3 is 9.30 Å². The minimum atomic E-state index is -3.84. The number of benzene rings is 3. The number of hydrogen-bond donors (Lipinski definition) is 1. The van der Waals surface area contributed by atoms with E-state index in [-0.39, 0.29) is 34.1 Å². The SMILES string of the molecule is CCOC(=O)Cn1c(=NC(=O)c2cccc(NS(=O)(=O)c3ccccc3)c2)sc2c(Cl)ccc(Cl)c21. The highest BCUT2D eigenvalue weighted by Crippen LogP contribution is 2.32. The predicted octanol–water partition coefficient (Wildman–Crippen LogP) is 5.11. The van der Waals surface area contributed by atoms with Crippen LogP contribution in [0.1, 0.15) is 17.3 Å². The zero-order valence-corrected chi connectivity index (χ0v) is 21.9. The van der Waals surface area contributed by atoms with Crippen LogP contribution in [0.3, 0.4) is 0 Å². The summed E-state index contributed by atoms with van der Waals surface area (Å²) in [6.45, 7) is 1.65. The molecule has 1 heterocycles. The molecule has 4 rings (SSSR count). The number of nitrogens with zero attached hydrogens (tertiary/aromatic N) is 2. The van der Waals surface area contributed by atoms with E-state index in [1.165, 1.54) is 41.0 Å². The Hall–Kier alpha value is -3.18. The average molecular weight is 564 g/mol. The van der Waals surface area contributed by atoms with Crippen LogP contribution in [0.5, 0.6) is 0 Å². The Balaban J connectivity index is 1.73. The average Bonchev–Trinajstić information content (AvgIpc) is 3.21. The Morgan fingerprint density at radius 1 is 1.03 bits per heavy atom. The van der Waals surface area contributed by atoms with Gasteiger partial charge in [-0.05, 0) is 49.4 Å². The summed E-state index contributed by atoms with van der Waals surface area (Å²) in [5, 5.41) is 0.726. The molecule has 0 aliphatic carbocycles. The molecule has 0 fully saturated rings. The molecular formula is C24H19Cl2N3O5S2. The van der Waals surface area contributed by atoms with Crippen molar-refractivity contribution >= 4 is 72.3 Å². The van der Waals surface area contributed by atoms with E-state index in [4.69, 9.17) is 27.9 Å². The third-order valence-electron chi connectivity index (χ3n) is 4.93. The van der Waals surface area contributed by atoms with Crippen molar-refractivity contribution in [2.24, 2.45) is 4.99 Å². The second kappa shape index (κ2) is 10.8. The summed E-state index contributed by atoms with van der Waals surface area (Å²) in [7, 11) is -3.84. The number of sulfonamides is 1. The van der Waals surface area contributed by atoms with E-state index in [9.17, 15) is 18.0 Å². The second-order valence-electron chi connectivity index (χ2n) is 7.40. The van der Waals surface area contributed by atoms with Crippen LogP contribution < -0.4 is 9.52 Å². The molecule has 0 saturated carbocycles. The van der Waals surface area contributed by atoms with Crippen LogP contribution in [-0.2, 0) is 26.1 Å². The molecule has 1 amide bonds. The quantitative estimate of drug-likeness (QED) is 0.314. The van der Waals surface area contributed by atoms with Crippen molar-refractivity contribution in [3.63, 3.8) is 0 Å². The van der Waals surface area contributed by atoms with Crippen molar-refractivity contribution in [1.29, 1.82) is 0 Å². The van der Waals surface area contributed by atoms with Gasteiger partial charge in [0.2, 0.25) is 0 Å². The van der Waals surface area contributed by atoms with Crippen molar-refractivity contribution in [3.05, 3.63) is 87.1 Å². The van der Waals surface area contributed by atoms with E-state index >= 15 is 0 Å². The summed E-state index contributed by atoms with van der Waals surface area (Å²) >= 11 is 13.8. The van der Waals surface area contributed by atoms with Gasteiger partial charge in [0.05, 0.1) is 31.8 Å². The smallest absolute Gasteiger partial charge is 0.326 e. The number of aromatic nitrogens is 1. The van der Waals surface area contributed by atoms with Gasteiger partial charge in [-0.15, -0.1) is 0 Å². The Labute approximate surface area is 220 Å². The number of thiazole rings is 1. The van der Waals surface area contributed by atoms with Gasteiger partial charge in [-0.3, -0.25) is 14.3 Å². The van der Waals surface area contributed by atoms with Crippen molar-refractivity contribution < 1.29 is 22.7 Å². The molecule has 186 valence electrons. The number of halogens is 2. The summed E-state index contributed by atoms with van der Waals surface area (Å²) in [6.07, 6.45) is 0. The maximum atomic E-state index is 13.1. The Morgan fingerprint density at radius 3 is 2.47 bits per heavy atom. The molecule has 0 unspecified atom stereocenters. The summed E-state index contributed by atoms with van der Waals surface area (Å²) in [5.41, 5.74) is 0.792. The highest BCUT2D eigenvalue weighted by molar-refractivity contribution is 7.92. The number of esters is 1. The van der Waals surface area contributed by atoms with Gasteiger partial charge in [-0.1, -0.05) is 58.8 Å². The Morgan fingerprint density at radius 2 is 1.75 bits per heavy atom. The molecule has 0 radical (unpaired) electrons. The van der Waals surface area contributed by atoms with Gasteiger partial charge in [-0.25, -0.2) is 8.42 Å². The molecule has 0 atom stereocenters.